The van der Waals surface area contributed by atoms with Crippen LogP contribution < -0.4 is 19.5 Å². The molecule has 0 unspecified atom stereocenters. The molecule has 1 heterocycles. The largest absolute Gasteiger partial charge is 0.493 e. The summed E-state index contributed by atoms with van der Waals surface area (Å²) in [7, 11) is 2.83. The fourth-order valence-corrected chi connectivity index (χ4v) is 2.78. The minimum Gasteiger partial charge on any atom is -0.493 e. The van der Waals surface area contributed by atoms with Gasteiger partial charge in [-0.2, -0.15) is 0 Å². The molecule has 6 nitrogen and oxygen atoms in total. The van der Waals surface area contributed by atoms with Gasteiger partial charge in [-0.3, -0.25) is 0 Å². The van der Waals surface area contributed by atoms with Crippen LogP contribution in [-0.2, 0) is 11.3 Å². The van der Waals surface area contributed by atoms with Crippen molar-refractivity contribution in [3.8, 4) is 17.2 Å². The number of rotatable bonds is 6. The van der Waals surface area contributed by atoms with Gasteiger partial charge in [0, 0.05) is 11.6 Å². The molecule has 1 N–H and O–H groups in total. The SMILES string of the molecule is COc1cc(OCc2ccccc2)c([C@@H]2NC(=O)OCC2(F)F)cc1OC. The third-order valence-electron chi connectivity index (χ3n) is 4.14. The number of amides is 1. The van der Waals surface area contributed by atoms with Crippen LogP contribution in [0, 0.1) is 0 Å². The zero-order valence-corrected chi connectivity index (χ0v) is 14.8. The molecule has 1 saturated heterocycles. The van der Waals surface area contributed by atoms with Gasteiger partial charge in [-0.15, -0.1) is 0 Å². The molecular formula is C19H19F2NO5. The maximum Gasteiger partial charge on any atom is 0.408 e. The zero-order valence-electron chi connectivity index (χ0n) is 14.8. The average Bonchev–Trinajstić information content (AvgIpc) is 2.68. The summed E-state index contributed by atoms with van der Waals surface area (Å²) in [4.78, 5) is 11.5. The van der Waals surface area contributed by atoms with Gasteiger partial charge in [0.05, 0.1) is 14.2 Å². The molecule has 1 amide bonds. The summed E-state index contributed by atoms with van der Waals surface area (Å²) in [6, 6.07) is 10.5. The van der Waals surface area contributed by atoms with E-state index in [1.807, 2.05) is 30.3 Å². The third-order valence-corrected chi connectivity index (χ3v) is 4.14. The Morgan fingerprint density at radius 2 is 1.78 bits per heavy atom. The minimum atomic E-state index is -3.32. The number of benzene rings is 2. The molecule has 8 heteroatoms. The second-order valence-corrected chi connectivity index (χ2v) is 5.93. The summed E-state index contributed by atoms with van der Waals surface area (Å²) in [5.41, 5.74) is 0.936. The maximum atomic E-state index is 14.4. The molecule has 0 aromatic heterocycles. The van der Waals surface area contributed by atoms with E-state index in [1.54, 1.807) is 0 Å². The Morgan fingerprint density at radius 1 is 1.11 bits per heavy atom. The average molecular weight is 379 g/mol. The van der Waals surface area contributed by atoms with Crippen LogP contribution >= 0.6 is 0 Å². The van der Waals surface area contributed by atoms with Gasteiger partial charge in [-0.05, 0) is 11.6 Å². The fraction of sp³-hybridized carbons (Fsp3) is 0.316. The number of carbonyl (C=O) groups is 1. The summed E-state index contributed by atoms with van der Waals surface area (Å²) in [5, 5.41) is 2.16. The van der Waals surface area contributed by atoms with Crippen LogP contribution in [0.2, 0.25) is 0 Å². The van der Waals surface area contributed by atoms with Gasteiger partial charge in [-0.25, -0.2) is 13.6 Å². The first-order valence-corrected chi connectivity index (χ1v) is 8.18. The number of hydrogen-bond donors (Lipinski definition) is 1. The van der Waals surface area contributed by atoms with Crippen LogP contribution in [0.1, 0.15) is 17.2 Å². The fourth-order valence-electron chi connectivity index (χ4n) is 2.78. The number of cyclic esters (lactones) is 1. The minimum absolute atomic E-state index is 0.0743. The summed E-state index contributed by atoms with van der Waals surface area (Å²) in [6.07, 6.45) is -0.922. The highest BCUT2D eigenvalue weighted by Crippen LogP contribution is 2.43. The summed E-state index contributed by atoms with van der Waals surface area (Å²) in [6.45, 7) is -0.859. The Labute approximate surface area is 155 Å². The van der Waals surface area contributed by atoms with E-state index in [2.05, 4.69) is 10.1 Å². The van der Waals surface area contributed by atoms with Crippen LogP contribution in [-0.4, -0.2) is 32.8 Å². The van der Waals surface area contributed by atoms with Gasteiger partial charge in [0.25, 0.3) is 0 Å². The van der Waals surface area contributed by atoms with Gasteiger partial charge < -0.3 is 24.3 Å². The first-order valence-electron chi connectivity index (χ1n) is 8.18. The van der Waals surface area contributed by atoms with Crippen molar-refractivity contribution in [1.29, 1.82) is 0 Å². The number of nitrogens with one attached hydrogen (secondary N) is 1. The highest BCUT2D eigenvalue weighted by molar-refractivity contribution is 5.70. The van der Waals surface area contributed by atoms with Crippen molar-refractivity contribution < 1.29 is 32.5 Å². The first kappa shape index (κ1) is 18.8. The molecule has 144 valence electrons. The molecule has 2 aromatic rings. The number of alkyl halides is 2. The van der Waals surface area contributed by atoms with Crippen molar-refractivity contribution in [3.05, 3.63) is 53.6 Å². The van der Waals surface area contributed by atoms with Crippen molar-refractivity contribution in [3.63, 3.8) is 0 Å². The lowest BCUT2D eigenvalue weighted by Crippen LogP contribution is -2.49. The van der Waals surface area contributed by atoms with E-state index in [-0.39, 0.29) is 23.7 Å². The van der Waals surface area contributed by atoms with E-state index < -0.39 is 24.7 Å². The second kappa shape index (κ2) is 7.69. The predicted octanol–water partition coefficient (Wildman–Crippen LogP) is 3.70. The van der Waals surface area contributed by atoms with Crippen LogP contribution in [0.4, 0.5) is 13.6 Å². The summed E-state index contributed by atoms with van der Waals surface area (Å²) >= 11 is 0. The summed E-state index contributed by atoms with van der Waals surface area (Å²) in [5.74, 6) is -2.59. The highest BCUT2D eigenvalue weighted by Gasteiger charge is 2.48. The number of ether oxygens (including phenoxy) is 4. The lowest BCUT2D eigenvalue weighted by molar-refractivity contribution is -0.104. The van der Waals surface area contributed by atoms with Crippen LogP contribution in [0.25, 0.3) is 0 Å². The van der Waals surface area contributed by atoms with E-state index in [9.17, 15) is 13.6 Å². The Hall–Kier alpha value is -3.03. The maximum absolute atomic E-state index is 14.4. The zero-order chi connectivity index (χ0) is 19.4. The van der Waals surface area contributed by atoms with Crippen molar-refractivity contribution in [2.45, 2.75) is 18.6 Å². The molecule has 0 spiro atoms. The molecule has 2 aromatic carbocycles. The second-order valence-electron chi connectivity index (χ2n) is 5.93. The van der Waals surface area contributed by atoms with Crippen molar-refractivity contribution in [1.82, 2.24) is 5.32 Å². The van der Waals surface area contributed by atoms with Crippen molar-refractivity contribution in [2.24, 2.45) is 0 Å². The van der Waals surface area contributed by atoms with Gasteiger partial charge in [0.15, 0.2) is 18.1 Å². The molecule has 1 aliphatic heterocycles. The molecular weight excluding hydrogens is 360 g/mol. The topological polar surface area (TPSA) is 66.0 Å². The van der Waals surface area contributed by atoms with Crippen LogP contribution in [0.3, 0.4) is 0 Å². The van der Waals surface area contributed by atoms with E-state index >= 15 is 0 Å². The van der Waals surface area contributed by atoms with E-state index in [1.165, 1.54) is 26.4 Å². The molecule has 1 atom stereocenters. The summed E-state index contributed by atoms with van der Waals surface area (Å²) < 4.78 is 49.5. The molecule has 1 fully saturated rings. The molecule has 0 bridgehead atoms. The Morgan fingerprint density at radius 3 is 2.44 bits per heavy atom. The molecule has 3 rings (SSSR count). The number of halogens is 2. The van der Waals surface area contributed by atoms with Crippen LogP contribution in [0.5, 0.6) is 17.2 Å². The lowest BCUT2D eigenvalue weighted by atomic mass is 9.98. The number of hydrogen-bond acceptors (Lipinski definition) is 5. The van der Waals surface area contributed by atoms with Gasteiger partial charge in [-0.1, -0.05) is 30.3 Å². The molecule has 1 aliphatic rings. The Kier molecular flexibility index (Phi) is 5.34. The molecule has 0 radical (unpaired) electrons. The number of carbonyl (C=O) groups excluding carboxylic acids is 1. The number of methoxy groups -OCH3 is 2. The predicted molar refractivity (Wildman–Crippen MR) is 92.5 cm³/mol. The van der Waals surface area contributed by atoms with Gasteiger partial charge in [0.1, 0.15) is 18.4 Å². The number of alkyl carbamates (subject to hydrolysis) is 1. The Bertz CT molecular complexity index is 813. The van der Waals surface area contributed by atoms with E-state index in [0.29, 0.717) is 5.75 Å². The van der Waals surface area contributed by atoms with Crippen LogP contribution in [0.15, 0.2) is 42.5 Å². The molecule has 0 aliphatic carbocycles. The lowest BCUT2D eigenvalue weighted by Gasteiger charge is -2.33. The first-order chi connectivity index (χ1) is 12.9. The molecule has 27 heavy (non-hydrogen) atoms. The third kappa shape index (κ3) is 4.05. The standard InChI is InChI=1S/C19H19F2NO5/c1-24-15-8-13(17-19(20,21)11-27-18(23)22-17)14(9-16(15)25-2)26-10-12-6-4-3-5-7-12/h3-9,17H,10-11H2,1-2H3,(H,22,23)/t17-/m0/s1. The van der Waals surface area contributed by atoms with Gasteiger partial charge >= 0.3 is 12.0 Å². The smallest absolute Gasteiger partial charge is 0.408 e. The van der Waals surface area contributed by atoms with E-state index in [0.717, 1.165) is 5.56 Å². The Balaban J connectivity index is 2.00. The monoisotopic (exact) mass is 379 g/mol. The van der Waals surface area contributed by atoms with Gasteiger partial charge in [0.2, 0.25) is 0 Å². The molecule has 0 saturated carbocycles. The highest BCUT2D eigenvalue weighted by atomic mass is 19.3. The van der Waals surface area contributed by atoms with Crippen molar-refractivity contribution >= 4 is 6.09 Å². The van der Waals surface area contributed by atoms with E-state index in [4.69, 9.17) is 14.2 Å². The van der Waals surface area contributed by atoms with Crippen molar-refractivity contribution in [2.75, 3.05) is 20.8 Å². The normalized spacial score (nSPS) is 18.2. The quantitative estimate of drug-likeness (QED) is 0.829.